The van der Waals surface area contributed by atoms with E-state index in [-0.39, 0.29) is 0 Å². The van der Waals surface area contributed by atoms with Crippen LogP contribution in [0.25, 0.3) is 0 Å². The zero-order valence-corrected chi connectivity index (χ0v) is 9.48. The highest BCUT2D eigenvalue weighted by atomic mass is 14.4. The molecule has 0 aliphatic carbocycles. The van der Waals surface area contributed by atoms with Crippen LogP contribution in [0.15, 0.2) is 11.6 Å². The summed E-state index contributed by atoms with van der Waals surface area (Å²) in [7, 11) is 0. The summed E-state index contributed by atoms with van der Waals surface area (Å²) in [4.78, 5) is 0. The number of hydrogen-bond donors (Lipinski definition) is 1. The van der Waals surface area contributed by atoms with E-state index in [2.05, 4.69) is 27.7 Å². The minimum absolute atomic E-state index is 0.491. The van der Waals surface area contributed by atoms with Crippen molar-refractivity contribution in [3.05, 3.63) is 11.6 Å². The molecule has 0 radical (unpaired) electrons. The Kier molecular flexibility index (Phi) is 6.56. The molecule has 0 bridgehead atoms. The first-order chi connectivity index (χ1) is 6.11. The molecule has 0 saturated heterocycles. The van der Waals surface area contributed by atoms with Crippen LogP contribution in [0, 0.1) is 11.3 Å². The van der Waals surface area contributed by atoms with Crippen molar-refractivity contribution in [2.24, 2.45) is 5.92 Å². The maximum atomic E-state index is 7.91. The highest BCUT2D eigenvalue weighted by Crippen LogP contribution is 2.16. The van der Waals surface area contributed by atoms with Crippen LogP contribution >= 0.6 is 0 Å². The van der Waals surface area contributed by atoms with Crippen LogP contribution in [0.1, 0.15) is 53.4 Å². The summed E-state index contributed by atoms with van der Waals surface area (Å²) in [5.41, 5.74) is 2.06. The highest BCUT2D eigenvalue weighted by molar-refractivity contribution is 5.94. The molecule has 13 heavy (non-hydrogen) atoms. The Morgan fingerprint density at radius 2 is 1.62 bits per heavy atom. The van der Waals surface area contributed by atoms with Gasteiger partial charge in [0.1, 0.15) is 0 Å². The second kappa shape index (κ2) is 6.88. The van der Waals surface area contributed by atoms with Gasteiger partial charge in [0.15, 0.2) is 0 Å². The van der Waals surface area contributed by atoms with Gasteiger partial charge in [0.25, 0.3) is 0 Å². The lowest BCUT2D eigenvalue weighted by atomic mass is 9.92. The normalized spacial score (nSPS) is 10.2. The molecule has 0 aromatic carbocycles. The lowest BCUT2D eigenvalue weighted by Gasteiger charge is -2.14. The summed E-state index contributed by atoms with van der Waals surface area (Å²) in [6.07, 6.45) is 6.70. The third kappa shape index (κ3) is 5.62. The van der Waals surface area contributed by atoms with Gasteiger partial charge in [-0.15, -0.1) is 0 Å². The largest absolute Gasteiger partial charge is 0.305 e. The van der Waals surface area contributed by atoms with Crippen molar-refractivity contribution in [2.45, 2.75) is 53.4 Å². The third-order valence-electron chi connectivity index (χ3n) is 2.16. The minimum Gasteiger partial charge on any atom is -0.305 e. The van der Waals surface area contributed by atoms with E-state index >= 15 is 0 Å². The Morgan fingerprint density at radius 3 is 1.92 bits per heavy atom. The molecule has 0 aromatic rings. The van der Waals surface area contributed by atoms with Crippen molar-refractivity contribution in [3.63, 3.8) is 0 Å². The van der Waals surface area contributed by atoms with Crippen molar-refractivity contribution < 1.29 is 0 Å². The molecule has 1 nitrogen and oxygen atoms in total. The van der Waals surface area contributed by atoms with E-state index in [1.54, 1.807) is 0 Å². The molecule has 0 aromatic heterocycles. The molecular formula is C12H23N. The van der Waals surface area contributed by atoms with Crippen LogP contribution in [-0.2, 0) is 0 Å². The van der Waals surface area contributed by atoms with Gasteiger partial charge in [0.05, 0.1) is 0 Å². The number of nitrogens with one attached hydrogen (secondary N) is 1. The van der Waals surface area contributed by atoms with Crippen molar-refractivity contribution in [1.82, 2.24) is 0 Å². The SMILES string of the molecule is CCCC(CCC)C(=N)C=C(C)C. The van der Waals surface area contributed by atoms with E-state index < -0.39 is 0 Å². The second-order valence-electron chi connectivity index (χ2n) is 3.95. The Morgan fingerprint density at radius 1 is 1.15 bits per heavy atom. The molecular weight excluding hydrogens is 158 g/mol. The Balaban J connectivity index is 4.19. The lowest BCUT2D eigenvalue weighted by molar-refractivity contribution is 0.558. The Bertz CT molecular complexity index is 170. The molecule has 0 amide bonds. The lowest BCUT2D eigenvalue weighted by Crippen LogP contribution is -2.11. The van der Waals surface area contributed by atoms with Crippen LogP contribution in [0.4, 0.5) is 0 Å². The molecule has 1 N–H and O–H groups in total. The second-order valence-corrected chi connectivity index (χ2v) is 3.95. The van der Waals surface area contributed by atoms with E-state index in [4.69, 9.17) is 5.41 Å². The molecule has 76 valence electrons. The maximum Gasteiger partial charge on any atom is 0.0344 e. The molecule has 0 aliphatic heterocycles. The van der Waals surface area contributed by atoms with Gasteiger partial charge in [-0.2, -0.15) is 0 Å². The smallest absolute Gasteiger partial charge is 0.0344 e. The number of hydrogen-bond acceptors (Lipinski definition) is 1. The zero-order chi connectivity index (χ0) is 10.3. The minimum atomic E-state index is 0.491. The Hall–Kier alpha value is -0.590. The first-order valence-electron chi connectivity index (χ1n) is 5.35. The van der Waals surface area contributed by atoms with Gasteiger partial charge in [-0.1, -0.05) is 32.3 Å². The van der Waals surface area contributed by atoms with Gasteiger partial charge < -0.3 is 5.41 Å². The summed E-state index contributed by atoms with van der Waals surface area (Å²) >= 11 is 0. The van der Waals surface area contributed by atoms with Crippen LogP contribution in [0.3, 0.4) is 0 Å². The van der Waals surface area contributed by atoms with Crippen molar-refractivity contribution in [1.29, 1.82) is 5.41 Å². The van der Waals surface area contributed by atoms with Crippen LogP contribution < -0.4 is 0 Å². The molecule has 0 saturated carbocycles. The van der Waals surface area contributed by atoms with E-state index in [1.807, 2.05) is 6.08 Å². The van der Waals surface area contributed by atoms with Gasteiger partial charge in [-0.25, -0.2) is 0 Å². The molecule has 0 unspecified atom stereocenters. The van der Waals surface area contributed by atoms with Gasteiger partial charge in [0, 0.05) is 11.6 Å². The molecule has 0 spiro atoms. The molecule has 1 heteroatoms. The summed E-state index contributed by atoms with van der Waals surface area (Å²) < 4.78 is 0. The predicted molar refractivity (Wildman–Crippen MR) is 60.5 cm³/mol. The third-order valence-corrected chi connectivity index (χ3v) is 2.16. The van der Waals surface area contributed by atoms with Crippen LogP contribution in [0.5, 0.6) is 0 Å². The molecule has 0 atom stereocenters. The van der Waals surface area contributed by atoms with Gasteiger partial charge in [-0.3, -0.25) is 0 Å². The molecule has 0 heterocycles. The van der Waals surface area contributed by atoms with Crippen LogP contribution in [-0.4, -0.2) is 5.71 Å². The summed E-state index contributed by atoms with van der Waals surface area (Å²) in [5.74, 6) is 0.491. The van der Waals surface area contributed by atoms with E-state index in [0.717, 1.165) is 18.6 Å². The fourth-order valence-electron chi connectivity index (χ4n) is 1.58. The van der Waals surface area contributed by atoms with E-state index in [1.165, 1.54) is 18.4 Å². The predicted octanol–water partition coefficient (Wildman–Crippen LogP) is 4.19. The maximum absolute atomic E-state index is 7.91. The van der Waals surface area contributed by atoms with Gasteiger partial charge in [-0.05, 0) is 32.8 Å². The fourth-order valence-corrected chi connectivity index (χ4v) is 1.58. The fraction of sp³-hybridized carbons (Fsp3) is 0.750. The molecule has 0 rings (SSSR count). The highest BCUT2D eigenvalue weighted by Gasteiger charge is 2.10. The summed E-state index contributed by atoms with van der Waals surface area (Å²) in [6, 6.07) is 0. The quantitative estimate of drug-likeness (QED) is 0.594. The first-order valence-corrected chi connectivity index (χ1v) is 5.35. The van der Waals surface area contributed by atoms with E-state index in [0.29, 0.717) is 5.92 Å². The van der Waals surface area contributed by atoms with Crippen molar-refractivity contribution in [3.8, 4) is 0 Å². The Labute approximate surface area is 82.7 Å². The summed E-state index contributed by atoms with van der Waals surface area (Å²) in [6.45, 7) is 8.50. The average Bonchev–Trinajstić information content (AvgIpc) is 2.02. The van der Waals surface area contributed by atoms with Gasteiger partial charge >= 0.3 is 0 Å². The topological polar surface area (TPSA) is 23.9 Å². The number of rotatable bonds is 6. The molecule has 0 fully saturated rings. The number of allylic oxidation sites excluding steroid dienone is 2. The first kappa shape index (κ1) is 12.4. The van der Waals surface area contributed by atoms with Crippen molar-refractivity contribution >= 4 is 5.71 Å². The molecule has 0 aliphatic rings. The van der Waals surface area contributed by atoms with Gasteiger partial charge in [0.2, 0.25) is 0 Å². The van der Waals surface area contributed by atoms with Crippen molar-refractivity contribution in [2.75, 3.05) is 0 Å². The van der Waals surface area contributed by atoms with E-state index in [9.17, 15) is 0 Å². The average molecular weight is 181 g/mol. The van der Waals surface area contributed by atoms with Crippen LogP contribution in [0.2, 0.25) is 0 Å². The zero-order valence-electron chi connectivity index (χ0n) is 9.48. The summed E-state index contributed by atoms with van der Waals surface area (Å²) in [5, 5.41) is 7.91. The standard InChI is InChI=1S/C12H23N/c1-5-7-11(8-6-2)12(13)9-10(3)4/h9,11,13H,5-8H2,1-4H3. The monoisotopic (exact) mass is 181 g/mol.